The van der Waals surface area contributed by atoms with Gasteiger partial charge >= 0.3 is 0 Å². The quantitative estimate of drug-likeness (QED) is 0.748. The molecule has 1 aromatic rings. The minimum absolute atomic E-state index is 0.0297. The first-order chi connectivity index (χ1) is 7.83. The number of benzene rings is 1. The molecule has 0 saturated heterocycles. The lowest BCUT2D eigenvalue weighted by atomic mass is 10.0. The average Bonchev–Trinajstić information content (AvgIpc) is 2.77. The van der Waals surface area contributed by atoms with E-state index in [2.05, 4.69) is 20.8 Å². The van der Waals surface area contributed by atoms with E-state index in [1.54, 1.807) is 6.34 Å². The minimum atomic E-state index is -0.0297. The molecule has 2 heterocycles. The zero-order chi connectivity index (χ0) is 11.0. The number of nitrogens with zero attached hydrogens (tertiary/aromatic N) is 3. The second kappa shape index (κ2) is 3.44. The van der Waals surface area contributed by atoms with Crippen LogP contribution in [-0.4, -0.2) is 18.0 Å². The highest BCUT2D eigenvalue weighted by atomic mass is 16.2. The molecule has 2 aliphatic heterocycles. The Labute approximate surface area is 92.3 Å². The van der Waals surface area contributed by atoms with Crippen LogP contribution in [0, 0.1) is 0 Å². The van der Waals surface area contributed by atoms with Crippen LogP contribution < -0.4 is 10.7 Å². The first kappa shape index (κ1) is 9.08. The van der Waals surface area contributed by atoms with Gasteiger partial charge in [-0.05, 0) is 12.1 Å². The van der Waals surface area contributed by atoms with Crippen LogP contribution in [0.5, 0.6) is 0 Å². The van der Waals surface area contributed by atoms with Crippen molar-refractivity contribution in [2.24, 2.45) is 10.1 Å². The van der Waals surface area contributed by atoms with Gasteiger partial charge in [-0.1, -0.05) is 6.07 Å². The van der Waals surface area contributed by atoms with Crippen molar-refractivity contribution in [3.05, 3.63) is 23.8 Å². The maximum atomic E-state index is 11.0. The number of hydrazone groups is 1. The molecule has 2 aliphatic rings. The Hall–Kier alpha value is -2.17. The van der Waals surface area contributed by atoms with Crippen LogP contribution in [-0.2, 0) is 4.79 Å². The first-order valence-corrected chi connectivity index (χ1v) is 5.06. The number of hydrogen-bond acceptors (Lipinski definition) is 3. The highest BCUT2D eigenvalue weighted by Crippen LogP contribution is 2.29. The van der Waals surface area contributed by atoms with Gasteiger partial charge in [0.1, 0.15) is 6.34 Å². The van der Waals surface area contributed by atoms with Crippen LogP contribution in [0.2, 0.25) is 0 Å². The summed E-state index contributed by atoms with van der Waals surface area (Å²) in [7, 11) is 0. The molecule has 0 atom stereocenters. The second-order valence-electron chi connectivity index (χ2n) is 3.67. The number of carbonyl (C=O) groups is 1. The molecule has 16 heavy (non-hydrogen) atoms. The number of carbonyl (C=O) groups excluding carboxylic acids is 1. The summed E-state index contributed by atoms with van der Waals surface area (Å²) in [5.74, 6) is -0.0297. The smallest absolute Gasteiger partial charge is 0.240 e. The summed E-state index contributed by atoms with van der Waals surface area (Å²) in [6, 6.07) is 5.81. The Morgan fingerprint density at radius 2 is 2.12 bits per heavy atom. The predicted octanol–water partition coefficient (Wildman–Crippen LogP) is 1.21. The maximum Gasteiger partial charge on any atom is 0.240 e. The van der Waals surface area contributed by atoms with E-state index in [4.69, 9.17) is 0 Å². The Bertz CT molecular complexity index is 519. The summed E-state index contributed by atoms with van der Waals surface area (Å²) in [4.78, 5) is 15.1. The predicted molar refractivity (Wildman–Crippen MR) is 60.3 cm³/mol. The van der Waals surface area contributed by atoms with Crippen LogP contribution in [0.15, 0.2) is 28.3 Å². The fourth-order valence-electron chi connectivity index (χ4n) is 1.75. The van der Waals surface area contributed by atoms with E-state index in [9.17, 15) is 4.79 Å². The van der Waals surface area contributed by atoms with Crippen LogP contribution in [0.3, 0.4) is 0 Å². The van der Waals surface area contributed by atoms with Crippen LogP contribution in [0.25, 0.3) is 0 Å². The fourth-order valence-corrected chi connectivity index (χ4v) is 1.75. The number of amides is 1. The number of hydrogen-bond donors (Lipinski definition) is 1. The number of nitrogens with one attached hydrogen (secondary N) is 1. The van der Waals surface area contributed by atoms with Gasteiger partial charge in [-0.25, -0.2) is 15.7 Å². The summed E-state index contributed by atoms with van der Waals surface area (Å²) in [6.07, 6.45) is 2.70. The van der Waals surface area contributed by atoms with Gasteiger partial charge in [0, 0.05) is 18.4 Å². The Kier molecular flexibility index (Phi) is 1.96. The topological polar surface area (TPSA) is 67.9 Å². The molecule has 1 N–H and O–H groups in total. The van der Waals surface area contributed by atoms with E-state index in [0.717, 1.165) is 22.6 Å². The molecule has 0 saturated carbocycles. The molecular weight excluding hydrogens is 204 g/mol. The van der Waals surface area contributed by atoms with Gasteiger partial charge in [-0.2, -0.15) is 5.10 Å². The Morgan fingerprint density at radius 3 is 2.94 bits per heavy atom. The fraction of sp³-hybridized carbons (Fsp3) is 0.182. The summed E-state index contributed by atoms with van der Waals surface area (Å²) in [5.41, 5.74) is 6.11. The minimum Gasteiger partial charge on any atom is -0.273 e. The molecule has 3 rings (SSSR count). The zero-order valence-electron chi connectivity index (χ0n) is 8.47. The van der Waals surface area contributed by atoms with Gasteiger partial charge in [0.15, 0.2) is 0 Å². The second-order valence-corrected chi connectivity index (χ2v) is 3.67. The van der Waals surface area contributed by atoms with Crippen molar-refractivity contribution < 1.29 is 4.79 Å². The van der Waals surface area contributed by atoms with Gasteiger partial charge < -0.3 is 0 Å². The maximum absolute atomic E-state index is 11.0. The van der Waals surface area contributed by atoms with Crippen molar-refractivity contribution in [1.29, 1.82) is 0 Å². The van der Waals surface area contributed by atoms with Crippen molar-refractivity contribution in [3.8, 4) is 0 Å². The lowest BCUT2D eigenvalue weighted by Crippen LogP contribution is -2.25. The van der Waals surface area contributed by atoms with E-state index < -0.39 is 0 Å². The molecule has 0 spiro atoms. The SMILES string of the molecule is O=C1CCC(c2ccc3c(c2)N=C[N]3)=NN1. The average molecular weight is 213 g/mol. The van der Waals surface area contributed by atoms with E-state index in [0.29, 0.717) is 12.8 Å². The third-order valence-corrected chi connectivity index (χ3v) is 2.61. The molecule has 0 fully saturated rings. The molecule has 1 aromatic carbocycles. The molecule has 0 bridgehead atoms. The lowest BCUT2D eigenvalue weighted by molar-refractivity contribution is -0.121. The molecule has 5 heteroatoms. The van der Waals surface area contributed by atoms with Gasteiger partial charge in [0.05, 0.1) is 17.1 Å². The van der Waals surface area contributed by atoms with Gasteiger partial charge in [0.2, 0.25) is 5.91 Å². The number of rotatable bonds is 1. The molecule has 79 valence electrons. The normalized spacial score (nSPS) is 17.5. The van der Waals surface area contributed by atoms with Gasteiger partial charge in [0.25, 0.3) is 0 Å². The lowest BCUT2D eigenvalue weighted by Gasteiger charge is -2.12. The summed E-state index contributed by atoms with van der Waals surface area (Å²) >= 11 is 0. The molecule has 5 nitrogen and oxygen atoms in total. The standard InChI is InChI=1S/C11H9N4O/c16-11-4-3-8(14-15-11)7-1-2-9-10(5-7)13-6-12-9/h1-2,5-6H,3-4H2,(H,15,16). The van der Waals surface area contributed by atoms with Gasteiger partial charge in [-0.15, -0.1) is 0 Å². The monoisotopic (exact) mass is 213 g/mol. The number of aliphatic imine (C=N–C) groups is 1. The molecule has 0 aliphatic carbocycles. The largest absolute Gasteiger partial charge is 0.273 e. The molecule has 0 unspecified atom stereocenters. The highest BCUT2D eigenvalue weighted by molar-refractivity contribution is 6.05. The van der Waals surface area contributed by atoms with E-state index in [-0.39, 0.29) is 5.91 Å². The van der Waals surface area contributed by atoms with Gasteiger partial charge in [-0.3, -0.25) is 4.79 Å². The van der Waals surface area contributed by atoms with Crippen LogP contribution in [0.4, 0.5) is 11.4 Å². The zero-order valence-corrected chi connectivity index (χ0v) is 8.47. The summed E-state index contributed by atoms with van der Waals surface area (Å²) in [6.45, 7) is 0. The summed E-state index contributed by atoms with van der Waals surface area (Å²) < 4.78 is 0. The van der Waals surface area contributed by atoms with Crippen LogP contribution >= 0.6 is 0 Å². The highest BCUT2D eigenvalue weighted by Gasteiger charge is 2.15. The van der Waals surface area contributed by atoms with Crippen LogP contribution in [0.1, 0.15) is 18.4 Å². The van der Waals surface area contributed by atoms with E-state index in [1.807, 2.05) is 18.2 Å². The third kappa shape index (κ3) is 1.46. The Morgan fingerprint density at radius 1 is 1.19 bits per heavy atom. The Balaban J connectivity index is 1.95. The van der Waals surface area contributed by atoms with E-state index >= 15 is 0 Å². The molecule has 0 aromatic heterocycles. The van der Waals surface area contributed by atoms with Crippen molar-refractivity contribution in [2.75, 3.05) is 0 Å². The van der Waals surface area contributed by atoms with Crippen molar-refractivity contribution in [3.63, 3.8) is 0 Å². The third-order valence-electron chi connectivity index (χ3n) is 2.61. The van der Waals surface area contributed by atoms with Crippen molar-refractivity contribution in [1.82, 2.24) is 10.7 Å². The number of fused-ring (bicyclic) bond motifs is 1. The molecule has 1 radical (unpaired) electrons. The van der Waals surface area contributed by atoms with Crippen molar-refractivity contribution in [2.45, 2.75) is 12.8 Å². The van der Waals surface area contributed by atoms with E-state index in [1.165, 1.54) is 0 Å². The van der Waals surface area contributed by atoms with Crippen molar-refractivity contribution >= 4 is 29.3 Å². The molecule has 1 amide bonds. The first-order valence-electron chi connectivity index (χ1n) is 5.06. The molecular formula is C11H9N4O. The summed E-state index contributed by atoms with van der Waals surface area (Å²) in [5, 5.41) is 8.14.